The van der Waals surface area contributed by atoms with E-state index >= 15 is 0 Å². The van der Waals surface area contributed by atoms with Crippen LogP contribution in [0.25, 0.3) is 28.1 Å². The van der Waals surface area contributed by atoms with Gasteiger partial charge in [0.05, 0.1) is 5.56 Å². The van der Waals surface area contributed by atoms with Crippen LogP contribution in [0.4, 0.5) is 35.1 Å². The fourth-order valence-electron chi connectivity index (χ4n) is 4.07. The minimum atomic E-state index is -1.77. The molecule has 0 N–H and O–H groups in total. The number of hydrogen-bond acceptors (Lipinski definition) is 0. The maximum absolute atomic E-state index is 14.9. The van der Waals surface area contributed by atoms with Crippen LogP contribution in [0.15, 0.2) is 72.6 Å². The lowest BCUT2D eigenvalue weighted by atomic mass is 9.96. The van der Waals surface area contributed by atoms with E-state index < -0.39 is 57.7 Å². The second kappa shape index (κ2) is 11.2. The number of halogens is 8. The summed E-state index contributed by atoms with van der Waals surface area (Å²) < 4.78 is 112. The van der Waals surface area contributed by atoms with Crippen LogP contribution in [-0.2, 0) is 12.8 Å². The van der Waals surface area contributed by atoms with Crippen molar-refractivity contribution in [1.29, 1.82) is 0 Å². The minimum Gasteiger partial charge on any atom is -0.209 e. The first-order valence-corrected chi connectivity index (χ1v) is 11.6. The molecule has 4 aromatic carbocycles. The Labute approximate surface area is 213 Å². The Bertz CT molecular complexity index is 1470. The van der Waals surface area contributed by atoms with E-state index in [1.807, 2.05) is 0 Å². The summed E-state index contributed by atoms with van der Waals surface area (Å²) >= 11 is 0. The molecule has 0 spiro atoms. The first kappa shape index (κ1) is 27.1. The predicted molar refractivity (Wildman–Crippen MR) is 130 cm³/mol. The average Bonchev–Trinajstić information content (AvgIpc) is 2.89. The van der Waals surface area contributed by atoms with E-state index in [0.29, 0.717) is 30.5 Å². The SMILES string of the molecule is CCC(F)=C(F)c1ccc(CCc2ccc(-c3cc(F)c(-c4cc(F)c(F)c(F)c4)c(F)c3)c(F)c2)cc1. The molecule has 4 rings (SSSR count). The third-order valence-electron chi connectivity index (χ3n) is 6.12. The van der Waals surface area contributed by atoms with Crippen molar-refractivity contribution < 1.29 is 35.1 Å². The van der Waals surface area contributed by atoms with Gasteiger partial charge in [0.25, 0.3) is 0 Å². The quantitative estimate of drug-likeness (QED) is 0.164. The molecule has 0 heterocycles. The highest BCUT2D eigenvalue weighted by Gasteiger charge is 2.19. The summed E-state index contributed by atoms with van der Waals surface area (Å²) in [4.78, 5) is 0. The van der Waals surface area contributed by atoms with Gasteiger partial charge in [-0.05, 0) is 71.8 Å². The maximum Gasteiger partial charge on any atom is 0.194 e. The van der Waals surface area contributed by atoms with Gasteiger partial charge < -0.3 is 0 Å². The number of benzene rings is 4. The third kappa shape index (κ3) is 5.64. The van der Waals surface area contributed by atoms with E-state index in [4.69, 9.17) is 0 Å². The van der Waals surface area contributed by atoms with Crippen molar-refractivity contribution in [3.63, 3.8) is 0 Å². The van der Waals surface area contributed by atoms with E-state index in [-0.39, 0.29) is 23.1 Å². The summed E-state index contributed by atoms with van der Waals surface area (Å²) in [5.74, 6) is -9.87. The molecule has 0 unspecified atom stereocenters. The van der Waals surface area contributed by atoms with Crippen LogP contribution < -0.4 is 0 Å². The van der Waals surface area contributed by atoms with E-state index in [9.17, 15) is 35.1 Å². The normalized spacial score (nSPS) is 12.0. The molecule has 0 atom stereocenters. The van der Waals surface area contributed by atoms with E-state index in [1.54, 1.807) is 18.2 Å². The van der Waals surface area contributed by atoms with Gasteiger partial charge in [0.2, 0.25) is 0 Å². The molecule has 0 saturated heterocycles. The summed E-state index contributed by atoms with van der Waals surface area (Å²) in [5.41, 5.74) is -0.0169. The second-order valence-corrected chi connectivity index (χ2v) is 8.65. The molecular weight excluding hydrogens is 512 g/mol. The lowest BCUT2D eigenvalue weighted by Gasteiger charge is -2.11. The molecular formula is C30H20F8. The predicted octanol–water partition coefficient (Wildman–Crippen LogP) is 9.66. The minimum absolute atomic E-state index is 0.0488. The van der Waals surface area contributed by atoms with Crippen LogP contribution in [0.5, 0.6) is 0 Å². The Hall–Kier alpha value is -3.94. The number of aryl methyl sites for hydroxylation is 2. The molecule has 0 aromatic heterocycles. The van der Waals surface area contributed by atoms with Crippen molar-refractivity contribution in [3.8, 4) is 22.3 Å². The van der Waals surface area contributed by atoms with Crippen molar-refractivity contribution in [2.24, 2.45) is 0 Å². The highest BCUT2D eigenvalue weighted by molar-refractivity contribution is 5.72. The highest BCUT2D eigenvalue weighted by Crippen LogP contribution is 2.34. The molecule has 0 nitrogen and oxygen atoms in total. The van der Waals surface area contributed by atoms with Gasteiger partial charge in [0.15, 0.2) is 23.3 Å². The lowest BCUT2D eigenvalue weighted by Crippen LogP contribution is -1.98. The topological polar surface area (TPSA) is 0 Å². The maximum atomic E-state index is 14.9. The molecule has 0 aliphatic rings. The molecule has 0 fully saturated rings. The second-order valence-electron chi connectivity index (χ2n) is 8.65. The molecule has 0 aliphatic heterocycles. The molecule has 0 aliphatic carbocycles. The Balaban J connectivity index is 1.53. The first-order valence-electron chi connectivity index (χ1n) is 11.6. The molecule has 4 aromatic rings. The Kier molecular flexibility index (Phi) is 7.99. The van der Waals surface area contributed by atoms with Gasteiger partial charge in [-0.2, -0.15) is 0 Å². The van der Waals surface area contributed by atoms with Gasteiger partial charge in [0, 0.05) is 11.1 Å². The molecule has 0 radical (unpaired) electrons. The molecule has 196 valence electrons. The average molecular weight is 532 g/mol. The van der Waals surface area contributed by atoms with Crippen molar-refractivity contribution in [3.05, 3.63) is 124 Å². The fraction of sp³-hybridized carbons (Fsp3) is 0.133. The van der Waals surface area contributed by atoms with Crippen molar-refractivity contribution in [2.45, 2.75) is 26.2 Å². The molecule has 8 heteroatoms. The third-order valence-corrected chi connectivity index (χ3v) is 6.12. The summed E-state index contributed by atoms with van der Waals surface area (Å²) in [6.07, 6.45) is 0.831. The van der Waals surface area contributed by atoms with Gasteiger partial charge in [-0.3, -0.25) is 0 Å². The van der Waals surface area contributed by atoms with Crippen molar-refractivity contribution in [1.82, 2.24) is 0 Å². The van der Waals surface area contributed by atoms with Crippen LogP contribution in [0, 0.1) is 34.9 Å². The lowest BCUT2D eigenvalue weighted by molar-refractivity contribution is 0.447. The molecule has 38 heavy (non-hydrogen) atoms. The summed E-state index contributed by atoms with van der Waals surface area (Å²) in [6, 6.07) is 13.0. The van der Waals surface area contributed by atoms with E-state index in [0.717, 1.165) is 17.7 Å². The van der Waals surface area contributed by atoms with Crippen molar-refractivity contribution in [2.75, 3.05) is 0 Å². The van der Waals surface area contributed by atoms with Crippen LogP contribution in [0.3, 0.4) is 0 Å². The summed E-state index contributed by atoms with van der Waals surface area (Å²) in [7, 11) is 0. The van der Waals surface area contributed by atoms with Gasteiger partial charge >= 0.3 is 0 Å². The monoisotopic (exact) mass is 532 g/mol. The zero-order chi connectivity index (χ0) is 27.6. The van der Waals surface area contributed by atoms with Gasteiger partial charge in [-0.25, -0.2) is 35.1 Å². The summed E-state index contributed by atoms with van der Waals surface area (Å²) in [5, 5.41) is 0. The molecule has 0 amide bonds. The highest BCUT2D eigenvalue weighted by atomic mass is 19.2. The Morgan fingerprint density at radius 1 is 0.579 bits per heavy atom. The summed E-state index contributed by atoms with van der Waals surface area (Å²) in [6.45, 7) is 1.51. The first-order chi connectivity index (χ1) is 18.1. The number of rotatable bonds is 7. The Morgan fingerprint density at radius 3 is 1.66 bits per heavy atom. The molecule has 0 bridgehead atoms. The zero-order valence-electron chi connectivity index (χ0n) is 20.0. The Morgan fingerprint density at radius 2 is 1.11 bits per heavy atom. The van der Waals surface area contributed by atoms with Crippen LogP contribution in [-0.4, -0.2) is 0 Å². The van der Waals surface area contributed by atoms with Crippen molar-refractivity contribution >= 4 is 5.83 Å². The van der Waals surface area contributed by atoms with Crippen LogP contribution in [0.1, 0.15) is 30.0 Å². The standard InChI is InChI=1S/C30H20F8/c1-2-22(31)29(37)18-8-5-16(6-9-18)3-4-17-7-10-21(23(32)11-17)19-12-24(33)28(25(34)13-19)20-14-26(35)30(38)27(36)15-20/h5-15H,2-4H2,1H3. The van der Waals surface area contributed by atoms with Gasteiger partial charge in [0.1, 0.15) is 23.3 Å². The molecule has 0 saturated carbocycles. The van der Waals surface area contributed by atoms with E-state index in [2.05, 4.69) is 0 Å². The fourth-order valence-corrected chi connectivity index (χ4v) is 4.07. The number of hydrogen-bond donors (Lipinski definition) is 0. The van der Waals surface area contributed by atoms with Gasteiger partial charge in [-0.15, -0.1) is 0 Å². The zero-order valence-corrected chi connectivity index (χ0v) is 20.0. The largest absolute Gasteiger partial charge is 0.209 e. The van der Waals surface area contributed by atoms with Gasteiger partial charge in [-0.1, -0.05) is 43.3 Å². The van der Waals surface area contributed by atoms with Crippen LogP contribution in [0.2, 0.25) is 0 Å². The van der Waals surface area contributed by atoms with Crippen LogP contribution >= 0.6 is 0 Å². The smallest absolute Gasteiger partial charge is 0.194 e. The van der Waals surface area contributed by atoms with E-state index in [1.165, 1.54) is 31.2 Å². The number of allylic oxidation sites excluding steroid dienone is 1.